The maximum Gasteiger partial charge on any atom is 0.265 e. The second kappa shape index (κ2) is 6.05. The zero-order valence-electron chi connectivity index (χ0n) is 14.0. The predicted octanol–water partition coefficient (Wildman–Crippen LogP) is 3.03. The Labute approximate surface area is 145 Å². The average molecular weight is 334 g/mol. The van der Waals surface area contributed by atoms with E-state index in [2.05, 4.69) is 33.5 Å². The van der Waals surface area contributed by atoms with Crippen molar-refractivity contribution in [1.82, 2.24) is 15.2 Å². The first kappa shape index (κ1) is 15.4. The van der Waals surface area contributed by atoms with Crippen LogP contribution in [0, 0.1) is 13.8 Å². The van der Waals surface area contributed by atoms with Gasteiger partial charge in [0.05, 0.1) is 0 Å². The second-order valence-electron chi connectivity index (χ2n) is 6.26. The summed E-state index contributed by atoms with van der Waals surface area (Å²) in [6.07, 6.45) is 1.56. The molecule has 1 amide bonds. The van der Waals surface area contributed by atoms with Crippen LogP contribution in [0.2, 0.25) is 0 Å². The summed E-state index contributed by atoms with van der Waals surface area (Å²) in [4.78, 5) is 16.6. The molecule has 25 heavy (non-hydrogen) atoms. The number of fused-ring (bicyclic) bond motifs is 1. The zero-order chi connectivity index (χ0) is 17.4. The molecule has 0 saturated carbocycles. The van der Waals surface area contributed by atoms with Crippen LogP contribution < -0.4 is 10.1 Å². The Kier molecular flexibility index (Phi) is 3.72. The van der Waals surface area contributed by atoms with Crippen LogP contribution in [0.25, 0.3) is 11.4 Å². The van der Waals surface area contributed by atoms with Crippen LogP contribution in [0.4, 0.5) is 5.69 Å². The summed E-state index contributed by atoms with van der Waals surface area (Å²) < 4.78 is 5.82. The number of nitrogens with one attached hydrogen (secondary N) is 2. The number of hydrogen-bond acceptors (Lipinski definition) is 4. The van der Waals surface area contributed by atoms with E-state index in [9.17, 15) is 4.79 Å². The number of rotatable bonds is 3. The van der Waals surface area contributed by atoms with Crippen LogP contribution in [-0.4, -0.2) is 27.2 Å². The first-order chi connectivity index (χ1) is 12.1. The van der Waals surface area contributed by atoms with E-state index >= 15 is 0 Å². The van der Waals surface area contributed by atoms with E-state index < -0.39 is 6.10 Å². The molecule has 1 aliphatic heterocycles. The third kappa shape index (κ3) is 2.98. The molecular formula is C19H18N4O2. The van der Waals surface area contributed by atoms with Gasteiger partial charge in [0.1, 0.15) is 12.1 Å². The molecule has 1 atom stereocenters. The number of H-pyrrole nitrogens is 1. The molecule has 4 rings (SSSR count). The minimum Gasteiger partial charge on any atom is -0.480 e. The van der Waals surface area contributed by atoms with E-state index in [1.165, 1.54) is 17.5 Å². The first-order valence-electron chi connectivity index (χ1n) is 8.13. The van der Waals surface area contributed by atoms with Gasteiger partial charge in [0.2, 0.25) is 0 Å². The molecule has 0 fully saturated rings. The highest BCUT2D eigenvalue weighted by molar-refractivity contribution is 5.95. The molecule has 2 aromatic carbocycles. The minimum absolute atomic E-state index is 0.140. The Morgan fingerprint density at radius 2 is 1.96 bits per heavy atom. The quantitative estimate of drug-likeness (QED) is 0.771. The number of nitrogens with zero attached hydrogens (tertiary/aromatic N) is 2. The van der Waals surface area contributed by atoms with Crippen molar-refractivity contribution in [2.24, 2.45) is 0 Å². The molecule has 0 radical (unpaired) electrons. The Morgan fingerprint density at radius 1 is 1.20 bits per heavy atom. The van der Waals surface area contributed by atoms with Crippen molar-refractivity contribution in [3.63, 3.8) is 0 Å². The Balaban J connectivity index is 1.44. The van der Waals surface area contributed by atoms with Gasteiger partial charge in [-0.3, -0.25) is 9.89 Å². The number of amides is 1. The SMILES string of the molecule is Cc1cc2c(cc1C)OC(C(=O)Nc1ccc(-c3ncn[nH]3)cc1)C2. The van der Waals surface area contributed by atoms with Gasteiger partial charge in [-0.2, -0.15) is 5.10 Å². The van der Waals surface area contributed by atoms with Crippen molar-refractivity contribution >= 4 is 11.6 Å². The smallest absolute Gasteiger partial charge is 0.265 e. The van der Waals surface area contributed by atoms with Crippen molar-refractivity contribution in [3.05, 3.63) is 59.4 Å². The summed E-state index contributed by atoms with van der Waals surface area (Å²) in [5.74, 6) is 1.36. The average Bonchev–Trinajstić information content (AvgIpc) is 3.26. The summed E-state index contributed by atoms with van der Waals surface area (Å²) in [6.45, 7) is 4.11. The molecule has 6 nitrogen and oxygen atoms in total. The topological polar surface area (TPSA) is 79.9 Å². The number of carbonyl (C=O) groups is 1. The van der Waals surface area contributed by atoms with E-state index in [0.29, 0.717) is 12.2 Å². The summed E-state index contributed by atoms with van der Waals surface area (Å²) in [5.41, 5.74) is 5.10. The fourth-order valence-electron chi connectivity index (χ4n) is 2.94. The van der Waals surface area contributed by atoms with Crippen molar-refractivity contribution < 1.29 is 9.53 Å². The van der Waals surface area contributed by atoms with Crippen molar-refractivity contribution in [2.75, 3.05) is 5.32 Å². The molecule has 0 spiro atoms. The molecule has 1 aliphatic rings. The number of aryl methyl sites for hydroxylation is 2. The van der Waals surface area contributed by atoms with Crippen LogP contribution in [0.1, 0.15) is 16.7 Å². The zero-order valence-corrected chi connectivity index (χ0v) is 14.0. The molecule has 0 saturated heterocycles. The van der Waals surface area contributed by atoms with Crippen LogP contribution >= 0.6 is 0 Å². The maximum absolute atomic E-state index is 12.5. The number of aromatic nitrogens is 3. The number of benzene rings is 2. The lowest BCUT2D eigenvalue weighted by Crippen LogP contribution is -2.31. The van der Waals surface area contributed by atoms with E-state index in [4.69, 9.17) is 4.74 Å². The molecule has 1 unspecified atom stereocenters. The lowest BCUT2D eigenvalue weighted by molar-refractivity contribution is -0.122. The van der Waals surface area contributed by atoms with E-state index in [1.54, 1.807) is 0 Å². The highest BCUT2D eigenvalue weighted by atomic mass is 16.5. The Hall–Kier alpha value is -3.15. The Morgan fingerprint density at radius 3 is 2.68 bits per heavy atom. The number of carbonyl (C=O) groups excluding carboxylic acids is 1. The van der Waals surface area contributed by atoms with Crippen LogP contribution in [0.5, 0.6) is 5.75 Å². The molecule has 1 aromatic heterocycles. The van der Waals surface area contributed by atoms with Gasteiger partial charge in [-0.1, -0.05) is 6.07 Å². The Bertz CT molecular complexity index is 886. The van der Waals surface area contributed by atoms with E-state index in [1.807, 2.05) is 37.3 Å². The maximum atomic E-state index is 12.5. The normalized spacial score (nSPS) is 15.5. The fourth-order valence-corrected chi connectivity index (χ4v) is 2.94. The molecule has 0 aliphatic carbocycles. The number of hydrogen-bond donors (Lipinski definition) is 2. The van der Waals surface area contributed by atoms with Crippen LogP contribution in [0.3, 0.4) is 0 Å². The predicted molar refractivity (Wildman–Crippen MR) is 94.5 cm³/mol. The van der Waals surface area contributed by atoms with Crippen molar-refractivity contribution in [2.45, 2.75) is 26.4 Å². The molecule has 0 bridgehead atoms. The largest absolute Gasteiger partial charge is 0.480 e. The third-order valence-corrected chi connectivity index (χ3v) is 4.48. The van der Waals surface area contributed by atoms with E-state index in [0.717, 1.165) is 22.6 Å². The van der Waals surface area contributed by atoms with Gasteiger partial charge < -0.3 is 10.1 Å². The van der Waals surface area contributed by atoms with E-state index in [-0.39, 0.29) is 5.91 Å². The van der Waals surface area contributed by atoms with Gasteiger partial charge >= 0.3 is 0 Å². The molecule has 2 heterocycles. The summed E-state index contributed by atoms with van der Waals surface area (Å²) in [5, 5.41) is 9.55. The molecule has 3 aromatic rings. The number of aromatic amines is 1. The van der Waals surface area contributed by atoms with Gasteiger partial charge in [0.25, 0.3) is 5.91 Å². The fraction of sp³-hybridized carbons (Fsp3) is 0.211. The summed E-state index contributed by atoms with van der Waals surface area (Å²) in [6, 6.07) is 11.5. The molecule has 2 N–H and O–H groups in total. The second-order valence-corrected chi connectivity index (χ2v) is 6.26. The van der Waals surface area contributed by atoms with Crippen molar-refractivity contribution in [3.8, 4) is 17.1 Å². The summed E-state index contributed by atoms with van der Waals surface area (Å²) >= 11 is 0. The molecule has 6 heteroatoms. The van der Waals surface area contributed by atoms with Gasteiger partial charge in [-0.15, -0.1) is 0 Å². The van der Waals surface area contributed by atoms with Crippen molar-refractivity contribution in [1.29, 1.82) is 0 Å². The highest BCUT2D eigenvalue weighted by Crippen LogP contribution is 2.32. The van der Waals surface area contributed by atoms with Gasteiger partial charge in [0.15, 0.2) is 11.9 Å². The number of anilines is 1. The molecule has 126 valence electrons. The summed E-state index contributed by atoms with van der Waals surface area (Å²) in [7, 11) is 0. The standard InChI is InChI=1S/C19H18N4O2/c1-11-7-14-9-17(25-16(14)8-12(11)2)19(24)22-15-5-3-13(4-6-15)18-20-10-21-23-18/h3-8,10,17H,9H2,1-2H3,(H,22,24)(H,20,21,23). The van der Waals surface area contributed by atoms with Gasteiger partial charge in [-0.25, -0.2) is 4.98 Å². The lowest BCUT2D eigenvalue weighted by Gasteiger charge is -2.11. The number of ether oxygens (including phenoxy) is 1. The molecular weight excluding hydrogens is 316 g/mol. The van der Waals surface area contributed by atoms with Crippen LogP contribution in [0.15, 0.2) is 42.7 Å². The first-order valence-corrected chi connectivity index (χ1v) is 8.13. The van der Waals surface area contributed by atoms with Gasteiger partial charge in [0, 0.05) is 17.7 Å². The lowest BCUT2D eigenvalue weighted by atomic mass is 10.0. The van der Waals surface area contributed by atoms with Gasteiger partial charge in [-0.05, 0) is 60.9 Å². The minimum atomic E-state index is -0.495. The third-order valence-electron chi connectivity index (χ3n) is 4.48. The highest BCUT2D eigenvalue weighted by Gasteiger charge is 2.29. The monoisotopic (exact) mass is 334 g/mol. The van der Waals surface area contributed by atoms with Crippen LogP contribution in [-0.2, 0) is 11.2 Å².